The molecule has 2 rings (SSSR count). The summed E-state index contributed by atoms with van der Waals surface area (Å²) in [6.07, 6.45) is 1.47. The Labute approximate surface area is 126 Å². The van der Waals surface area contributed by atoms with Gasteiger partial charge in [0.1, 0.15) is 0 Å². The first-order valence-corrected chi connectivity index (χ1v) is 6.97. The monoisotopic (exact) mass is 316 g/mol. The summed E-state index contributed by atoms with van der Waals surface area (Å²) in [6.45, 7) is 0.551. The molecule has 0 aromatic heterocycles. The van der Waals surface area contributed by atoms with Crippen molar-refractivity contribution >= 4 is 40.9 Å². The van der Waals surface area contributed by atoms with Crippen LogP contribution < -0.4 is 5.32 Å². The van der Waals surface area contributed by atoms with Gasteiger partial charge in [-0.1, -0.05) is 23.2 Å². The number of anilines is 1. The number of urea groups is 1. The zero-order valence-electron chi connectivity index (χ0n) is 10.6. The molecular weight excluding hydrogens is 303 g/mol. The van der Waals surface area contributed by atoms with Crippen molar-refractivity contribution in [3.63, 3.8) is 0 Å². The van der Waals surface area contributed by atoms with Gasteiger partial charge in [-0.05, 0) is 31.0 Å². The average Bonchev–Trinajstić information content (AvgIpc) is 2.80. The molecule has 1 unspecified atom stereocenters. The Kier molecular flexibility index (Phi) is 4.73. The lowest BCUT2D eigenvalue weighted by Crippen LogP contribution is -2.39. The van der Waals surface area contributed by atoms with Gasteiger partial charge in [0.15, 0.2) is 0 Å². The second-order valence-corrected chi connectivity index (χ2v) is 5.49. The van der Waals surface area contributed by atoms with Gasteiger partial charge in [0, 0.05) is 17.6 Å². The number of amides is 2. The van der Waals surface area contributed by atoms with Gasteiger partial charge in [-0.2, -0.15) is 0 Å². The number of benzene rings is 1. The Bertz CT molecular complexity index is 536. The van der Waals surface area contributed by atoms with Crippen LogP contribution in [-0.4, -0.2) is 34.6 Å². The van der Waals surface area contributed by atoms with Gasteiger partial charge in [0.05, 0.1) is 17.1 Å². The van der Waals surface area contributed by atoms with Crippen molar-refractivity contribution in [2.24, 2.45) is 0 Å². The molecule has 1 heterocycles. The summed E-state index contributed by atoms with van der Waals surface area (Å²) in [5.74, 6) is -0.903. The Balaban J connectivity index is 2.05. The van der Waals surface area contributed by atoms with Crippen molar-refractivity contribution in [2.45, 2.75) is 25.3 Å². The molecule has 7 heteroatoms. The average molecular weight is 317 g/mol. The van der Waals surface area contributed by atoms with E-state index in [0.717, 1.165) is 6.42 Å². The van der Waals surface area contributed by atoms with Crippen LogP contribution in [0.1, 0.15) is 19.3 Å². The summed E-state index contributed by atoms with van der Waals surface area (Å²) < 4.78 is 0. The maximum atomic E-state index is 12.2. The third-order valence-electron chi connectivity index (χ3n) is 3.22. The van der Waals surface area contributed by atoms with Crippen LogP contribution >= 0.6 is 23.2 Å². The molecule has 2 amide bonds. The number of hydrogen-bond donors (Lipinski definition) is 2. The van der Waals surface area contributed by atoms with Gasteiger partial charge in [0.2, 0.25) is 0 Å². The highest BCUT2D eigenvalue weighted by molar-refractivity contribution is 6.36. The quantitative estimate of drug-likeness (QED) is 0.897. The van der Waals surface area contributed by atoms with Crippen LogP contribution in [0.15, 0.2) is 18.2 Å². The van der Waals surface area contributed by atoms with E-state index in [1.165, 1.54) is 6.07 Å². The predicted molar refractivity (Wildman–Crippen MR) is 77.5 cm³/mol. The van der Waals surface area contributed by atoms with Crippen LogP contribution in [0.4, 0.5) is 10.5 Å². The van der Waals surface area contributed by atoms with Crippen LogP contribution in [-0.2, 0) is 4.79 Å². The second-order valence-electron chi connectivity index (χ2n) is 4.64. The maximum absolute atomic E-state index is 12.2. The van der Waals surface area contributed by atoms with E-state index in [1.807, 2.05) is 0 Å². The van der Waals surface area contributed by atoms with Crippen LogP contribution in [0, 0.1) is 0 Å². The number of halogens is 2. The molecule has 1 fully saturated rings. The lowest BCUT2D eigenvalue weighted by molar-refractivity contribution is -0.137. The largest absolute Gasteiger partial charge is 0.481 e. The van der Waals surface area contributed by atoms with E-state index in [1.54, 1.807) is 17.0 Å². The van der Waals surface area contributed by atoms with Crippen LogP contribution in [0.25, 0.3) is 0 Å². The summed E-state index contributed by atoms with van der Waals surface area (Å²) in [7, 11) is 0. The molecule has 20 heavy (non-hydrogen) atoms. The van der Waals surface area contributed by atoms with Crippen LogP contribution in [0.2, 0.25) is 10.0 Å². The Morgan fingerprint density at radius 3 is 2.80 bits per heavy atom. The number of carboxylic acid groups (broad SMARTS) is 1. The molecule has 0 bridgehead atoms. The minimum Gasteiger partial charge on any atom is -0.481 e. The fourth-order valence-corrected chi connectivity index (χ4v) is 2.75. The van der Waals surface area contributed by atoms with Crippen molar-refractivity contribution < 1.29 is 14.7 Å². The van der Waals surface area contributed by atoms with E-state index in [4.69, 9.17) is 28.3 Å². The summed E-state index contributed by atoms with van der Waals surface area (Å²) in [5, 5.41) is 12.4. The smallest absolute Gasteiger partial charge is 0.322 e. The number of likely N-dealkylation sites (tertiary alicyclic amines) is 1. The lowest BCUT2D eigenvalue weighted by atomic mass is 10.1. The molecule has 1 atom stereocenters. The highest BCUT2D eigenvalue weighted by atomic mass is 35.5. The summed E-state index contributed by atoms with van der Waals surface area (Å²) in [4.78, 5) is 24.5. The van der Waals surface area contributed by atoms with E-state index >= 15 is 0 Å². The van der Waals surface area contributed by atoms with Gasteiger partial charge in [-0.3, -0.25) is 4.79 Å². The molecule has 0 saturated carbocycles. The molecule has 5 nitrogen and oxygen atoms in total. The standard InChI is InChI=1S/C13H14Cl2N2O3/c14-8-3-4-11(10(15)6-8)16-13(20)17-5-1-2-9(17)7-12(18)19/h3-4,6,9H,1-2,5,7H2,(H,16,20)(H,18,19). The fourth-order valence-electron chi connectivity index (χ4n) is 2.29. The molecule has 0 radical (unpaired) electrons. The highest BCUT2D eigenvalue weighted by Crippen LogP contribution is 2.27. The van der Waals surface area contributed by atoms with Gasteiger partial charge >= 0.3 is 12.0 Å². The molecule has 0 aliphatic carbocycles. The SMILES string of the molecule is O=C(O)CC1CCCN1C(=O)Nc1ccc(Cl)cc1Cl. The van der Waals surface area contributed by atoms with Gasteiger partial charge < -0.3 is 15.3 Å². The lowest BCUT2D eigenvalue weighted by Gasteiger charge is -2.24. The summed E-state index contributed by atoms with van der Waals surface area (Å²) in [5.41, 5.74) is 0.460. The molecule has 108 valence electrons. The number of carbonyl (C=O) groups is 2. The zero-order chi connectivity index (χ0) is 14.7. The molecule has 0 spiro atoms. The van der Waals surface area contributed by atoms with E-state index < -0.39 is 5.97 Å². The molecule has 1 aromatic rings. The van der Waals surface area contributed by atoms with E-state index in [9.17, 15) is 9.59 Å². The number of hydrogen-bond acceptors (Lipinski definition) is 2. The Morgan fingerprint density at radius 1 is 1.40 bits per heavy atom. The summed E-state index contributed by atoms with van der Waals surface area (Å²) >= 11 is 11.8. The van der Waals surface area contributed by atoms with Crippen molar-refractivity contribution in [1.29, 1.82) is 0 Å². The number of carbonyl (C=O) groups excluding carboxylic acids is 1. The molecule has 1 saturated heterocycles. The molecule has 1 aliphatic rings. The maximum Gasteiger partial charge on any atom is 0.322 e. The minimum absolute atomic E-state index is 0.0399. The third kappa shape index (κ3) is 3.55. The van der Waals surface area contributed by atoms with E-state index in [0.29, 0.717) is 28.7 Å². The Hall–Kier alpha value is -1.46. The zero-order valence-corrected chi connectivity index (χ0v) is 12.1. The Morgan fingerprint density at radius 2 is 2.15 bits per heavy atom. The van der Waals surface area contributed by atoms with Gasteiger partial charge in [-0.25, -0.2) is 4.79 Å². The number of aliphatic carboxylic acids is 1. The number of rotatable bonds is 3. The minimum atomic E-state index is -0.903. The van der Waals surface area contributed by atoms with Crippen molar-refractivity contribution in [2.75, 3.05) is 11.9 Å². The topological polar surface area (TPSA) is 69.6 Å². The van der Waals surface area contributed by atoms with Crippen molar-refractivity contribution in [3.05, 3.63) is 28.2 Å². The summed E-state index contributed by atoms with van der Waals surface area (Å²) in [6, 6.07) is 4.18. The number of nitrogens with zero attached hydrogens (tertiary/aromatic N) is 1. The van der Waals surface area contributed by atoms with Crippen LogP contribution in [0.5, 0.6) is 0 Å². The van der Waals surface area contributed by atoms with Crippen molar-refractivity contribution in [3.8, 4) is 0 Å². The normalized spacial score (nSPS) is 18.1. The first-order valence-electron chi connectivity index (χ1n) is 6.22. The van der Waals surface area contributed by atoms with Crippen LogP contribution in [0.3, 0.4) is 0 Å². The molecule has 1 aliphatic heterocycles. The van der Waals surface area contributed by atoms with Crippen molar-refractivity contribution in [1.82, 2.24) is 4.90 Å². The number of nitrogens with one attached hydrogen (secondary N) is 1. The molecule has 2 N–H and O–H groups in total. The first-order chi connectivity index (χ1) is 9.47. The van der Waals surface area contributed by atoms with E-state index in [2.05, 4.69) is 5.32 Å². The van der Waals surface area contributed by atoms with Gasteiger partial charge in [-0.15, -0.1) is 0 Å². The van der Waals surface area contributed by atoms with Gasteiger partial charge in [0.25, 0.3) is 0 Å². The highest BCUT2D eigenvalue weighted by Gasteiger charge is 2.30. The molecule has 1 aromatic carbocycles. The number of carboxylic acids is 1. The predicted octanol–water partition coefficient (Wildman–Crippen LogP) is 3.46. The first kappa shape index (κ1) is 14.9. The third-order valence-corrected chi connectivity index (χ3v) is 3.77. The molecular formula is C13H14Cl2N2O3. The second kappa shape index (κ2) is 6.33. The fraction of sp³-hybridized carbons (Fsp3) is 0.385. The van der Waals surface area contributed by atoms with E-state index in [-0.39, 0.29) is 18.5 Å².